The van der Waals surface area contributed by atoms with E-state index in [2.05, 4.69) is 15.5 Å². The first-order valence-corrected chi connectivity index (χ1v) is 10.5. The molecule has 0 spiro atoms. The molecule has 0 saturated heterocycles. The van der Waals surface area contributed by atoms with Crippen LogP contribution in [0, 0.1) is 0 Å². The maximum absolute atomic E-state index is 12.3. The SMILES string of the molecule is CCOC(=O)Cn1c(O)c(N=NC(=O)CNC(=O)C2COc3ccccc3O2)c2ccccc21. The number of para-hydroxylation sites is 3. The minimum atomic E-state index is -0.912. The minimum absolute atomic E-state index is 0.00635. The zero-order valence-corrected chi connectivity index (χ0v) is 18.3. The summed E-state index contributed by atoms with van der Waals surface area (Å²) in [6.07, 6.45) is -0.912. The van der Waals surface area contributed by atoms with Crippen LogP contribution in [0.1, 0.15) is 6.92 Å². The van der Waals surface area contributed by atoms with Gasteiger partial charge in [-0.1, -0.05) is 30.3 Å². The van der Waals surface area contributed by atoms with Crippen LogP contribution < -0.4 is 14.8 Å². The number of rotatable bonds is 7. The topological polar surface area (TPSA) is 141 Å². The van der Waals surface area contributed by atoms with Gasteiger partial charge in [0.1, 0.15) is 19.7 Å². The molecular formula is C23H22N4O7. The zero-order chi connectivity index (χ0) is 24.1. The van der Waals surface area contributed by atoms with E-state index in [1.54, 1.807) is 55.5 Å². The van der Waals surface area contributed by atoms with Crippen molar-refractivity contribution in [2.75, 3.05) is 19.8 Å². The van der Waals surface area contributed by atoms with Crippen LogP contribution in [0.4, 0.5) is 5.69 Å². The molecule has 1 aliphatic heterocycles. The summed E-state index contributed by atoms with van der Waals surface area (Å²) in [5, 5.41) is 21.0. The molecule has 11 nitrogen and oxygen atoms in total. The monoisotopic (exact) mass is 466 g/mol. The number of nitrogens with one attached hydrogen (secondary N) is 1. The van der Waals surface area contributed by atoms with Crippen LogP contribution in [-0.2, 0) is 25.7 Å². The van der Waals surface area contributed by atoms with Crippen LogP contribution in [0.15, 0.2) is 58.8 Å². The van der Waals surface area contributed by atoms with Crippen molar-refractivity contribution >= 4 is 34.4 Å². The van der Waals surface area contributed by atoms with Gasteiger partial charge in [-0.2, -0.15) is 0 Å². The Morgan fingerprint density at radius 3 is 2.68 bits per heavy atom. The van der Waals surface area contributed by atoms with Crippen molar-refractivity contribution in [3.8, 4) is 17.4 Å². The molecule has 11 heteroatoms. The second kappa shape index (κ2) is 10.0. The number of amides is 2. The van der Waals surface area contributed by atoms with Crippen LogP contribution in [0.2, 0.25) is 0 Å². The third kappa shape index (κ3) is 4.82. The molecule has 3 aromatic rings. The molecule has 0 fully saturated rings. The van der Waals surface area contributed by atoms with Gasteiger partial charge in [0.15, 0.2) is 17.2 Å². The summed E-state index contributed by atoms with van der Waals surface area (Å²) in [5.74, 6) is -1.16. The zero-order valence-electron chi connectivity index (χ0n) is 18.3. The van der Waals surface area contributed by atoms with Gasteiger partial charge in [-0.15, -0.1) is 10.2 Å². The van der Waals surface area contributed by atoms with Crippen molar-refractivity contribution in [3.63, 3.8) is 0 Å². The maximum atomic E-state index is 12.3. The molecule has 2 aromatic carbocycles. The van der Waals surface area contributed by atoms with E-state index in [1.165, 1.54) is 4.57 Å². The quantitative estimate of drug-likeness (QED) is 0.402. The largest absolute Gasteiger partial charge is 0.493 e. The fourth-order valence-electron chi connectivity index (χ4n) is 3.43. The fraction of sp³-hybridized carbons (Fsp3) is 0.261. The Balaban J connectivity index is 1.41. The lowest BCUT2D eigenvalue weighted by molar-refractivity contribution is -0.143. The molecule has 0 aliphatic carbocycles. The lowest BCUT2D eigenvalue weighted by Crippen LogP contribution is -2.45. The van der Waals surface area contributed by atoms with Crippen molar-refractivity contribution < 1.29 is 33.7 Å². The summed E-state index contributed by atoms with van der Waals surface area (Å²) in [5.41, 5.74) is 0.553. The van der Waals surface area contributed by atoms with Crippen molar-refractivity contribution in [1.29, 1.82) is 0 Å². The maximum Gasteiger partial charge on any atom is 0.326 e. The van der Waals surface area contributed by atoms with Crippen molar-refractivity contribution in [3.05, 3.63) is 48.5 Å². The van der Waals surface area contributed by atoms with E-state index in [4.69, 9.17) is 14.2 Å². The van der Waals surface area contributed by atoms with Gasteiger partial charge in [0.2, 0.25) is 12.0 Å². The summed E-state index contributed by atoms with van der Waals surface area (Å²) < 4.78 is 17.4. The van der Waals surface area contributed by atoms with E-state index in [9.17, 15) is 19.5 Å². The average Bonchev–Trinajstić information content (AvgIpc) is 3.11. The van der Waals surface area contributed by atoms with Gasteiger partial charge in [0.25, 0.3) is 11.8 Å². The molecule has 34 heavy (non-hydrogen) atoms. The highest BCUT2D eigenvalue weighted by atomic mass is 16.6. The molecule has 0 saturated carbocycles. The number of hydrogen-bond acceptors (Lipinski definition) is 8. The number of carbonyl (C=O) groups is 3. The number of ether oxygens (including phenoxy) is 3. The molecule has 176 valence electrons. The van der Waals surface area contributed by atoms with E-state index in [0.717, 1.165) is 0 Å². The van der Waals surface area contributed by atoms with Crippen LogP contribution >= 0.6 is 0 Å². The predicted molar refractivity (Wildman–Crippen MR) is 119 cm³/mol. The highest BCUT2D eigenvalue weighted by molar-refractivity contribution is 5.96. The van der Waals surface area contributed by atoms with Gasteiger partial charge in [-0.05, 0) is 25.1 Å². The smallest absolute Gasteiger partial charge is 0.326 e. The molecule has 0 bridgehead atoms. The first-order chi connectivity index (χ1) is 16.5. The summed E-state index contributed by atoms with van der Waals surface area (Å²) in [4.78, 5) is 36.5. The van der Waals surface area contributed by atoms with Crippen LogP contribution in [0.3, 0.4) is 0 Å². The third-order valence-corrected chi connectivity index (χ3v) is 4.99. The van der Waals surface area contributed by atoms with Crippen LogP contribution in [0.5, 0.6) is 17.4 Å². The summed E-state index contributed by atoms with van der Waals surface area (Å²) in [6, 6.07) is 13.8. The summed E-state index contributed by atoms with van der Waals surface area (Å²) in [7, 11) is 0. The fourth-order valence-corrected chi connectivity index (χ4v) is 3.43. The van der Waals surface area contributed by atoms with Crippen molar-refractivity contribution in [2.45, 2.75) is 19.6 Å². The predicted octanol–water partition coefficient (Wildman–Crippen LogP) is 2.48. The van der Waals surface area contributed by atoms with Crippen LogP contribution in [0.25, 0.3) is 10.9 Å². The van der Waals surface area contributed by atoms with E-state index in [1.807, 2.05) is 0 Å². The molecule has 2 heterocycles. The standard InChI is InChI=1S/C23H22N4O7/c1-2-32-20(29)12-27-15-8-4-3-7-14(15)21(23(27)31)26-25-19(28)11-24-22(30)18-13-33-16-9-5-6-10-17(16)34-18/h3-10,18,31H,2,11-13H2,1H3,(H,24,30). The molecular weight excluding hydrogens is 444 g/mol. The third-order valence-electron chi connectivity index (χ3n) is 4.99. The first-order valence-electron chi connectivity index (χ1n) is 10.5. The minimum Gasteiger partial charge on any atom is -0.493 e. The number of carbonyl (C=O) groups excluding carboxylic acids is 3. The van der Waals surface area contributed by atoms with Crippen LogP contribution in [-0.4, -0.2) is 53.3 Å². The Morgan fingerprint density at radius 1 is 1.15 bits per heavy atom. The Hall–Kier alpha value is -4.41. The highest BCUT2D eigenvalue weighted by Crippen LogP contribution is 2.38. The number of aromatic hydroxyl groups is 1. The lowest BCUT2D eigenvalue weighted by Gasteiger charge is -2.25. The average molecular weight is 466 g/mol. The second-order valence-electron chi connectivity index (χ2n) is 7.26. The number of hydrogen-bond donors (Lipinski definition) is 2. The number of esters is 1. The number of benzene rings is 2. The van der Waals surface area contributed by atoms with Crippen molar-refractivity contribution in [1.82, 2.24) is 9.88 Å². The normalized spacial score (nSPS) is 14.8. The Labute approximate surface area is 193 Å². The molecule has 1 atom stereocenters. The molecule has 0 radical (unpaired) electrons. The molecule has 1 unspecified atom stereocenters. The Kier molecular flexibility index (Phi) is 6.72. The molecule has 1 aromatic heterocycles. The van der Waals surface area contributed by atoms with Gasteiger partial charge in [0, 0.05) is 5.39 Å². The summed E-state index contributed by atoms with van der Waals surface area (Å²) in [6.45, 7) is 1.24. The van der Waals surface area contributed by atoms with Gasteiger partial charge in [-0.3, -0.25) is 19.0 Å². The molecule has 4 rings (SSSR count). The van der Waals surface area contributed by atoms with Gasteiger partial charge in [0.05, 0.1) is 12.1 Å². The molecule has 1 aliphatic rings. The van der Waals surface area contributed by atoms with E-state index in [0.29, 0.717) is 22.4 Å². The number of azo groups is 1. The van der Waals surface area contributed by atoms with Crippen molar-refractivity contribution in [2.24, 2.45) is 10.2 Å². The first kappa shape index (κ1) is 22.8. The lowest BCUT2D eigenvalue weighted by atomic mass is 10.2. The summed E-state index contributed by atoms with van der Waals surface area (Å²) >= 11 is 0. The van der Waals surface area contributed by atoms with Gasteiger partial charge >= 0.3 is 5.97 Å². The number of nitrogens with zero attached hydrogens (tertiary/aromatic N) is 3. The second-order valence-corrected chi connectivity index (χ2v) is 7.26. The Bertz CT molecular complexity index is 1270. The van der Waals surface area contributed by atoms with Gasteiger partial charge in [-0.25, -0.2) is 0 Å². The van der Waals surface area contributed by atoms with E-state index >= 15 is 0 Å². The number of aromatic nitrogens is 1. The Morgan fingerprint density at radius 2 is 1.88 bits per heavy atom. The highest BCUT2D eigenvalue weighted by Gasteiger charge is 2.27. The molecule has 2 N–H and O–H groups in total. The van der Waals surface area contributed by atoms with E-state index < -0.39 is 30.4 Å². The number of fused-ring (bicyclic) bond motifs is 2. The molecule has 2 amide bonds. The van der Waals surface area contributed by atoms with Gasteiger partial charge < -0.3 is 24.6 Å². The van der Waals surface area contributed by atoms with E-state index in [-0.39, 0.29) is 31.3 Å².